The first kappa shape index (κ1) is 14.3. The lowest BCUT2D eigenvalue weighted by Gasteiger charge is -2.32. The topological polar surface area (TPSA) is 3.24 Å². The molecule has 0 aliphatic carbocycles. The molecule has 0 radical (unpaired) electrons. The number of hydrogen-bond donors (Lipinski definition) is 0. The smallest absolute Gasteiger partial charge is 0.144 e. The van der Waals surface area contributed by atoms with Crippen LogP contribution >= 0.6 is 27.7 Å². The van der Waals surface area contributed by atoms with Crippen LogP contribution in [0.3, 0.4) is 0 Å². The third kappa shape index (κ3) is 3.25. The van der Waals surface area contributed by atoms with E-state index in [4.69, 9.17) is 0 Å². The molecule has 1 heterocycles. The van der Waals surface area contributed by atoms with E-state index in [0.29, 0.717) is 16.3 Å². The zero-order valence-electron chi connectivity index (χ0n) is 10.3. The Bertz CT molecular complexity index is 428. The van der Waals surface area contributed by atoms with Gasteiger partial charge in [0.05, 0.1) is 4.47 Å². The first-order valence-electron chi connectivity index (χ1n) is 6.08. The van der Waals surface area contributed by atoms with Crippen LogP contribution in [0.15, 0.2) is 16.6 Å². The molecule has 1 atom stereocenters. The van der Waals surface area contributed by atoms with Crippen molar-refractivity contribution in [2.24, 2.45) is 0 Å². The van der Waals surface area contributed by atoms with E-state index >= 15 is 0 Å². The monoisotopic (exact) mass is 335 g/mol. The van der Waals surface area contributed by atoms with Gasteiger partial charge < -0.3 is 0 Å². The third-order valence-electron chi connectivity index (χ3n) is 3.20. The van der Waals surface area contributed by atoms with Crippen LogP contribution in [0.1, 0.15) is 18.9 Å². The molecule has 2 rings (SSSR count). The van der Waals surface area contributed by atoms with E-state index in [1.54, 1.807) is 0 Å². The normalized spacial score (nSPS) is 21.2. The van der Waals surface area contributed by atoms with Gasteiger partial charge in [0.25, 0.3) is 0 Å². The Morgan fingerprint density at radius 1 is 1.44 bits per heavy atom. The molecule has 1 saturated heterocycles. The van der Waals surface area contributed by atoms with Gasteiger partial charge in [-0.3, -0.25) is 4.90 Å². The van der Waals surface area contributed by atoms with Gasteiger partial charge in [-0.15, -0.1) is 0 Å². The lowest BCUT2D eigenvalue weighted by molar-refractivity contribution is 0.264. The van der Waals surface area contributed by atoms with Gasteiger partial charge >= 0.3 is 0 Å². The Morgan fingerprint density at radius 3 is 2.94 bits per heavy atom. The molecule has 1 aliphatic rings. The Balaban J connectivity index is 2.11. The van der Waals surface area contributed by atoms with Gasteiger partial charge in [0, 0.05) is 36.2 Å². The summed E-state index contributed by atoms with van der Waals surface area (Å²) < 4.78 is 27.9. The predicted octanol–water partition coefficient (Wildman–Crippen LogP) is 4.05. The molecule has 0 aromatic heterocycles. The molecule has 0 saturated carbocycles. The van der Waals surface area contributed by atoms with Crippen molar-refractivity contribution in [3.8, 4) is 0 Å². The molecule has 0 amide bonds. The summed E-state index contributed by atoms with van der Waals surface area (Å²) in [5.41, 5.74) is 0.172. The SMILES string of the molecule is CCC1CN(Cc2c(F)ccc(Br)c2F)CCS1. The van der Waals surface area contributed by atoms with E-state index in [1.807, 2.05) is 11.8 Å². The van der Waals surface area contributed by atoms with Crippen LogP contribution in [0.25, 0.3) is 0 Å². The first-order chi connectivity index (χ1) is 8.61. The van der Waals surface area contributed by atoms with Gasteiger partial charge in [0.1, 0.15) is 11.6 Å². The minimum absolute atomic E-state index is 0.172. The van der Waals surface area contributed by atoms with Gasteiger partial charge in [-0.1, -0.05) is 6.92 Å². The maximum Gasteiger partial charge on any atom is 0.144 e. The third-order valence-corrected chi connectivity index (χ3v) is 5.18. The standard InChI is InChI=1S/C13H16BrF2NS/c1-2-9-7-17(5-6-18-9)8-10-12(15)4-3-11(14)13(10)16/h3-4,9H,2,5-8H2,1H3. The van der Waals surface area contributed by atoms with Crippen molar-refractivity contribution in [3.05, 3.63) is 33.8 Å². The van der Waals surface area contributed by atoms with Crippen LogP contribution in [0.5, 0.6) is 0 Å². The number of benzene rings is 1. The van der Waals surface area contributed by atoms with Crippen LogP contribution in [0, 0.1) is 11.6 Å². The average molecular weight is 336 g/mol. The minimum Gasteiger partial charge on any atom is -0.297 e. The van der Waals surface area contributed by atoms with Crippen LogP contribution in [-0.4, -0.2) is 29.0 Å². The Labute approximate surface area is 119 Å². The summed E-state index contributed by atoms with van der Waals surface area (Å²) in [5, 5.41) is 0.581. The van der Waals surface area contributed by atoms with E-state index in [0.717, 1.165) is 25.3 Å². The zero-order valence-corrected chi connectivity index (χ0v) is 12.7. The number of hydrogen-bond acceptors (Lipinski definition) is 2. The highest BCUT2D eigenvalue weighted by molar-refractivity contribution is 9.10. The lowest BCUT2D eigenvalue weighted by Crippen LogP contribution is -2.37. The molecule has 18 heavy (non-hydrogen) atoms. The molecular formula is C13H16BrF2NS. The van der Waals surface area contributed by atoms with Crippen LogP contribution in [-0.2, 0) is 6.54 Å². The van der Waals surface area contributed by atoms with Crippen molar-refractivity contribution < 1.29 is 8.78 Å². The Kier molecular flexibility index (Phi) is 5.04. The first-order valence-corrected chi connectivity index (χ1v) is 7.92. The molecular weight excluding hydrogens is 320 g/mol. The van der Waals surface area contributed by atoms with Gasteiger partial charge in [0.15, 0.2) is 0 Å². The minimum atomic E-state index is -0.471. The van der Waals surface area contributed by atoms with E-state index in [2.05, 4.69) is 27.8 Å². The summed E-state index contributed by atoms with van der Waals surface area (Å²) in [6.07, 6.45) is 1.10. The van der Waals surface area contributed by atoms with E-state index < -0.39 is 11.6 Å². The quantitative estimate of drug-likeness (QED) is 0.766. The lowest BCUT2D eigenvalue weighted by atomic mass is 10.1. The molecule has 1 unspecified atom stereocenters. The van der Waals surface area contributed by atoms with Gasteiger partial charge in [-0.25, -0.2) is 8.78 Å². The van der Waals surface area contributed by atoms with Crippen molar-refractivity contribution in [3.63, 3.8) is 0 Å². The molecule has 0 bridgehead atoms. The molecule has 0 spiro atoms. The summed E-state index contributed by atoms with van der Waals surface area (Å²) in [5.74, 6) is 0.110. The average Bonchev–Trinajstić information content (AvgIpc) is 2.39. The fourth-order valence-corrected chi connectivity index (χ4v) is 3.73. The highest BCUT2D eigenvalue weighted by Gasteiger charge is 2.22. The molecule has 1 aromatic carbocycles. The summed E-state index contributed by atoms with van der Waals surface area (Å²) in [7, 11) is 0. The van der Waals surface area contributed by atoms with Crippen molar-refractivity contribution in [1.29, 1.82) is 0 Å². The molecule has 100 valence electrons. The van der Waals surface area contributed by atoms with E-state index in [-0.39, 0.29) is 5.56 Å². The van der Waals surface area contributed by atoms with E-state index in [9.17, 15) is 8.78 Å². The van der Waals surface area contributed by atoms with Crippen molar-refractivity contribution in [2.75, 3.05) is 18.8 Å². The van der Waals surface area contributed by atoms with Crippen molar-refractivity contribution >= 4 is 27.7 Å². The summed E-state index contributed by atoms with van der Waals surface area (Å²) >= 11 is 5.06. The van der Waals surface area contributed by atoms with E-state index in [1.165, 1.54) is 12.1 Å². The van der Waals surface area contributed by atoms with Crippen molar-refractivity contribution in [2.45, 2.75) is 25.1 Å². The van der Waals surface area contributed by atoms with Gasteiger partial charge in [-0.2, -0.15) is 11.8 Å². The van der Waals surface area contributed by atoms with Gasteiger partial charge in [0.2, 0.25) is 0 Å². The Morgan fingerprint density at radius 2 is 2.22 bits per heavy atom. The summed E-state index contributed by atoms with van der Waals surface area (Å²) in [6.45, 7) is 4.31. The number of thioether (sulfide) groups is 1. The number of halogens is 3. The largest absolute Gasteiger partial charge is 0.297 e. The second kappa shape index (κ2) is 6.35. The Hall–Kier alpha value is -0.130. The molecule has 1 aromatic rings. The molecule has 5 heteroatoms. The fraction of sp³-hybridized carbons (Fsp3) is 0.538. The van der Waals surface area contributed by atoms with Gasteiger partial charge in [-0.05, 0) is 34.5 Å². The van der Waals surface area contributed by atoms with Crippen LogP contribution in [0.2, 0.25) is 0 Å². The van der Waals surface area contributed by atoms with Crippen molar-refractivity contribution in [1.82, 2.24) is 4.90 Å². The highest BCUT2D eigenvalue weighted by Crippen LogP contribution is 2.26. The maximum atomic E-state index is 13.9. The highest BCUT2D eigenvalue weighted by atomic mass is 79.9. The second-order valence-corrected chi connectivity index (χ2v) is 6.72. The molecule has 1 nitrogen and oxygen atoms in total. The number of nitrogens with zero attached hydrogens (tertiary/aromatic N) is 1. The zero-order chi connectivity index (χ0) is 13.1. The summed E-state index contributed by atoms with van der Waals surface area (Å²) in [6, 6.07) is 2.73. The van der Waals surface area contributed by atoms with Crippen LogP contribution < -0.4 is 0 Å². The summed E-state index contributed by atoms with van der Waals surface area (Å²) in [4.78, 5) is 2.14. The molecule has 0 N–H and O–H groups in total. The predicted molar refractivity (Wildman–Crippen MR) is 75.9 cm³/mol. The number of rotatable bonds is 3. The maximum absolute atomic E-state index is 13.9. The molecule has 1 fully saturated rings. The van der Waals surface area contributed by atoms with Crippen LogP contribution in [0.4, 0.5) is 8.78 Å². The fourth-order valence-electron chi connectivity index (χ4n) is 2.11. The second-order valence-electron chi connectivity index (χ2n) is 4.46. The molecule has 1 aliphatic heterocycles.